The lowest BCUT2D eigenvalue weighted by Gasteiger charge is -2.28. The molecule has 148 valence electrons. The van der Waals surface area contributed by atoms with Gasteiger partial charge in [0.15, 0.2) is 6.61 Å². The van der Waals surface area contributed by atoms with Gasteiger partial charge in [-0.1, -0.05) is 35.9 Å². The summed E-state index contributed by atoms with van der Waals surface area (Å²) in [6.45, 7) is 0.306. The molecule has 0 bridgehead atoms. The van der Waals surface area contributed by atoms with E-state index in [1.807, 2.05) is 41.8 Å². The number of amides is 1. The number of para-hydroxylation sites is 2. The first-order valence-electron chi connectivity index (χ1n) is 8.98. The fraction of sp³-hybridized carbons (Fsp3) is 0.190. The van der Waals surface area contributed by atoms with Crippen molar-refractivity contribution in [3.05, 3.63) is 64.6 Å². The molecule has 4 rings (SSSR count). The number of carbonyl (C=O) groups is 2. The van der Waals surface area contributed by atoms with Crippen LogP contribution in [0.4, 0.5) is 5.69 Å². The van der Waals surface area contributed by atoms with E-state index in [1.165, 1.54) is 11.3 Å². The van der Waals surface area contributed by atoms with Crippen LogP contribution in [0.25, 0.3) is 10.6 Å². The van der Waals surface area contributed by atoms with Gasteiger partial charge in [0.05, 0.1) is 17.8 Å². The molecule has 1 amide bonds. The second-order valence-electron chi connectivity index (χ2n) is 6.36. The van der Waals surface area contributed by atoms with Crippen molar-refractivity contribution in [1.82, 2.24) is 4.98 Å². The minimum Gasteiger partial charge on any atom is -0.482 e. The van der Waals surface area contributed by atoms with Crippen molar-refractivity contribution in [2.24, 2.45) is 0 Å². The second-order valence-corrected chi connectivity index (χ2v) is 7.66. The first-order valence-corrected chi connectivity index (χ1v) is 10.2. The molecule has 0 unspecified atom stereocenters. The number of nitrogens with zero attached hydrogens (tertiary/aromatic N) is 2. The Morgan fingerprint density at radius 2 is 2.00 bits per heavy atom. The summed E-state index contributed by atoms with van der Waals surface area (Å²) in [7, 11) is 0. The summed E-state index contributed by atoms with van der Waals surface area (Å²) >= 11 is 7.38. The quantitative estimate of drug-likeness (QED) is 0.547. The highest BCUT2D eigenvalue weighted by molar-refractivity contribution is 7.13. The summed E-state index contributed by atoms with van der Waals surface area (Å²) < 4.78 is 10.7. The van der Waals surface area contributed by atoms with Gasteiger partial charge in [0, 0.05) is 22.5 Å². The van der Waals surface area contributed by atoms with Gasteiger partial charge in [-0.25, -0.2) is 4.98 Å². The number of esters is 1. The third kappa shape index (κ3) is 4.58. The molecule has 1 aliphatic heterocycles. The monoisotopic (exact) mass is 428 g/mol. The molecule has 0 fully saturated rings. The number of anilines is 1. The summed E-state index contributed by atoms with van der Waals surface area (Å²) in [5.74, 6) is 0.0732. The zero-order valence-corrected chi connectivity index (χ0v) is 16.9. The molecule has 29 heavy (non-hydrogen) atoms. The van der Waals surface area contributed by atoms with E-state index in [9.17, 15) is 9.59 Å². The fourth-order valence-corrected chi connectivity index (χ4v) is 3.86. The molecule has 0 saturated heterocycles. The van der Waals surface area contributed by atoms with Crippen molar-refractivity contribution >= 4 is 40.5 Å². The summed E-state index contributed by atoms with van der Waals surface area (Å²) in [5.41, 5.74) is 2.31. The molecule has 2 aromatic carbocycles. The highest BCUT2D eigenvalue weighted by Crippen LogP contribution is 2.31. The number of rotatable bonds is 6. The van der Waals surface area contributed by atoms with Crippen LogP contribution in [0.3, 0.4) is 0 Å². The Morgan fingerprint density at radius 1 is 1.21 bits per heavy atom. The maximum Gasteiger partial charge on any atom is 0.307 e. The minimum atomic E-state index is -0.386. The van der Waals surface area contributed by atoms with Crippen LogP contribution >= 0.6 is 22.9 Å². The maximum atomic E-state index is 12.2. The maximum absolute atomic E-state index is 12.2. The molecule has 0 aliphatic carbocycles. The van der Waals surface area contributed by atoms with Crippen LogP contribution in [0.5, 0.6) is 5.75 Å². The molecular weight excluding hydrogens is 412 g/mol. The van der Waals surface area contributed by atoms with Gasteiger partial charge in [0.25, 0.3) is 5.91 Å². The van der Waals surface area contributed by atoms with E-state index < -0.39 is 0 Å². The number of halogens is 1. The van der Waals surface area contributed by atoms with Crippen molar-refractivity contribution in [2.45, 2.75) is 13.0 Å². The molecule has 0 saturated carbocycles. The third-order valence-corrected chi connectivity index (χ3v) is 5.56. The summed E-state index contributed by atoms with van der Waals surface area (Å²) in [4.78, 5) is 30.3. The molecule has 0 spiro atoms. The van der Waals surface area contributed by atoms with E-state index >= 15 is 0 Å². The third-order valence-electron chi connectivity index (χ3n) is 4.37. The molecule has 0 atom stereocenters. The molecule has 0 N–H and O–H groups in total. The van der Waals surface area contributed by atoms with Crippen LogP contribution < -0.4 is 9.64 Å². The van der Waals surface area contributed by atoms with Gasteiger partial charge in [-0.3, -0.25) is 9.59 Å². The number of carbonyl (C=O) groups excluding carboxylic acids is 2. The van der Waals surface area contributed by atoms with E-state index in [2.05, 4.69) is 4.98 Å². The van der Waals surface area contributed by atoms with E-state index in [4.69, 9.17) is 21.1 Å². The van der Waals surface area contributed by atoms with Crippen molar-refractivity contribution in [2.75, 3.05) is 18.1 Å². The molecule has 2 heterocycles. The highest BCUT2D eigenvalue weighted by atomic mass is 35.5. The Hall–Kier alpha value is -2.90. The van der Waals surface area contributed by atoms with Gasteiger partial charge in [-0.2, -0.15) is 0 Å². The van der Waals surface area contributed by atoms with Gasteiger partial charge in [0.2, 0.25) is 0 Å². The molecular formula is C21H17ClN2O4S. The molecule has 6 nitrogen and oxygen atoms in total. The summed E-state index contributed by atoms with van der Waals surface area (Å²) in [6.07, 6.45) is 0.0915. The first kappa shape index (κ1) is 19.4. The number of fused-ring (bicyclic) bond motifs is 1. The predicted molar refractivity (Wildman–Crippen MR) is 111 cm³/mol. The van der Waals surface area contributed by atoms with Crippen LogP contribution in [0.2, 0.25) is 5.02 Å². The SMILES string of the molecule is O=C(CCN1C(=O)COc2ccccc21)OCc1csc(-c2ccc(Cl)cc2)n1. The van der Waals surface area contributed by atoms with Gasteiger partial charge < -0.3 is 14.4 Å². The van der Waals surface area contributed by atoms with Crippen LogP contribution in [0, 0.1) is 0 Å². The topological polar surface area (TPSA) is 68.7 Å². The van der Waals surface area contributed by atoms with E-state index in [0.29, 0.717) is 22.2 Å². The van der Waals surface area contributed by atoms with Crippen LogP contribution in [-0.4, -0.2) is 30.0 Å². The molecule has 8 heteroatoms. The average Bonchev–Trinajstić information content (AvgIpc) is 3.21. The standard InChI is InChI=1S/C21H17ClN2O4S/c22-15-7-5-14(6-8-15)21-23-16(13-29-21)11-28-20(26)9-10-24-17-3-1-2-4-18(17)27-12-19(24)25/h1-8,13H,9-12H2. The number of thiazole rings is 1. The van der Waals surface area contributed by atoms with Crippen molar-refractivity contribution < 1.29 is 19.1 Å². The smallest absolute Gasteiger partial charge is 0.307 e. The van der Waals surface area contributed by atoms with Gasteiger partial charge >= 0.3 is 5.97 Å². The Balaban J connectivity index is 1.31. The largest absolute Gasteiger partial charge is 0.482 e. The Bertz CT molecular complexity index is 1040. The molecule has 1 aromatic heterocycles. The Morgan fingerprint density at radius 3 is 2.83 bits per heavy atom. The summed E-state index contributed by atoms with van der Waals surface area (Å²) in [5, 5.41) is 3.36. The van der Waals surface area contributed by atoms with Gasteiger partial charge in [-0.15, -0.1) is 11.3 Å². The zero-order valence-electron chi connectivity index (χ0n) is 15.3. The number of hydrogen-bond acceptors (Lipinski definition) is 6. The Labute approximate surface area is 176 Å². The normalized spacial score (nSPS) is 13.0. The number of aromatic nitrogens is 1. The van der Waals surface area contributed by atoms with E-state index in [0.717, 1.165) is 10.6 Å². The van der Waals surface area contributed by atoms with Crippen LogP contribution in [-0.2, 0) is 20.9 Å². The van der Waals surface area contributed by atoms with Gasteiger partial charge in [0.1, 0.15) is 17.4 Å². The lowest BCUT2D eigenvalue weighted by molar-refractivity contribution is -0.144. The zero-order chi connectivity index (χ0) is 20.2. The average molecular weight is 429 g/mol. The molecule has 0 radical (unpaired) electrons. The van der Waals surface area contributed by atoms with Crippen LogP contribution in [0.1, 0.15) is 12.1 Å². The highest BCUT2D eigenvalue weighted by Gasteiger charge is 2.25. The van der Waals surface area contributed by atoms with E-state index in [-0.39, 0.29) is 38.1 Å². The minimum absolute atomic E-state index is 0.0294. The molecule has 3 aromatic rings. The number of benzene rings is 2. The van der Waals surface area contributed by atoms with Crippen molar-refractivity contribution in [1.29, 1.82) is 0 Å². The van der Waals surface area contributed by atoms with E-state index in [1.54, 1.807) is 17.0 Å². The lowest BCUT2D eigenvalue weighted by atomic mass is 10.2. The second kappa shape index (κ2) is 8.63. The number of hydrogen-bond donors (Lipinski definition) is 0. The van der Waals surface area contributed by atoms with Crippen molar-refractivity contribution in [3.8, 4) is 16.3 Å². The number of ether oxygens (including phenoxy) is 2. The Kier molecular flexibility index (Phi) is 5.78. The predicted octanol–water partition coefficient (Wildman–Crippen LogP) is 4.32. The lowest BCUT2D eigenvalue weighted by Crippen LogP contribution is -2.40. The van der Waals surface area contributed by atoms with Crippen molar-refractivity contribution in [3.63, 3.8) is 0 Å². The van der Waals surface area contributed by atoms with Crippen LogP contribution in [0.15, 0.2) is 53.9 Å². The summed E-state index contributed by atoms with van der Waals surface area (Å²) in [6, 6.07) is 14.7. The fourth-order valence-electron chi connectivity index (χ4n) is 2.93. The first-order chi connectivity index (χ1) is 14.1. The van der Waals surface area contributed by atoms with Gasteiger partial charge in [-0.05, 0) is 24.3 Å². The molecule has 1 aliphatic rings.